The van der Waals surface area contributed by atoms with Gasteiger partial charge in [0.25, 0.3) is 0 Å². The Morgan fingerprint density at radius 2 is 1.64 bits per heavy atom. The number of aliphatic hydroxyl groups is 1. The van der Waals surface area contributed by atoms with Crippen LogP contribution in [0.4, 0.5) is 0 Å². The lowest BCUT2D eigenvalue weighted by atomic mass is 9.44. The number of piperidine rings is 1. The number of benzene rings is 4. The van der Waals surface area contributed by atoms with Crippen LogP contribution in [0.3, 0.4) is 0 Å². The van der Waals surface area contributed by atoms with E-state index in [4.69, 9.17) is 9.47 Å². The van der Waals surface area contributed by atoms with Crippen LogP contribution >= 0.6 is 0 Å². The molecular formula is C39H37NO4. The highest BCUT2D eigenvalue weighted by Crippen LogP contribution is 2.68. The van der Waals surface area contributed by atoms with Gasteiger partial charge in [0.05, 0.1) is 11.0 Å². The lowest BCUT2D eigenvalue weighted by Crippen LogP contribution is -2.79. The SMILES string of the molecule is O=C1[C@@H]2Oc3c(OCc4ccccc4)ccc4c3[C@@]23CCN(CC2CC2)[C@@H](C4)[C@]3(O)CC12Cc1cc3ccccc3cc1C2. The summed E-state index contributed by atoms with van der Waals surface area (Å²) in [5, 5.41) is 15.8. The van der Waals surface area contributed by atoms with Crippen molar-refractivity contribution < 1.29 is 19.4 Å². The van der Waals surface area contributed by atoms with Crippen LogP contribution < -0.4 is 9.47 Å². The molecule has 0 radical (unpaired) electrons. The molecule has 2 heterocycles. The first-order valence-electron chi connectivity index (χ1n) is 16.5. The van der Waals surface area contributed by atoms with E-state index in [-0.39, 0.29) is 11.8 Å². The van der Waals surface area contributed by atoms with Gasteiger partial charge >= 0.3 is 0 Å². The topological polar surface area (TPSA) is 59.0 Å². The van der Waals surface area contributed by atoms with Crippen LogP contribution in [-0.2, 0) is 36.1 Å². The van der Waals surface area contributed by atoms with Gasteiger partial charge in [-0.2, -0.15) is 0 Å². The van der Waals surface area contributed by atoms with Gasteiger partial charge in [-0.3, -0.25) is 9.69 Å². The molecule has 5 heteroatoms. The molecule has 1 N–H and O–H groups in total. The van der Waals surface area contributed by atoms with Crippen molar-refractivity contribution in [3.8, 4) is 11.5 Å². The lowest BCUT2D eigenvalue weighted by molar-refractivity contribution is -0.209. The molecule has 2 aliphatic heterocycles. The summed E-state index contributed by atoms with van der Waals surface area (Å²) in [6.07, 6.45) is 5.20. The van der Waals surface area contributed by atoms with Crippen LogP contribution in [0.15, 0.2) is 78.9 Å². The summed E-state index contributed by atoms with van der Waals surface area (Å²) in [5.74, 6) is 2.29. The Morgan fingerprint density at radius 1 is 0.909 bits per heavy atom. The Labute approximate surface area is 257 Å². The first-order valence-corrected chi connectivity index (χ1v) is 16.5. The van der Waals surface area contributed by atoms with Crippen LogP contribution in [0.5, 0.6) is 11.5 Å². The minimum atomic E-state index is -1.06. The van der Waals surface area contributed by atoms with Crippen LogP contribution in [0.25, 0.3) is 10.8 Å². The van der Waals surface area contributed by atoms with Crippen molar-refractivity contribution in [3.63, 3.8) is 0 Å². The number of hydrogen-bond donors (Lipinski definition) is 1. The fourth-order valence-corrected chi connectivity index (χ4v) is 10.1. The standard InChI is InChI=1S/C39H37NO4/c41-35-36-38-14-15-40(21-24-10-11-24)32(18-28-12-13-31(34(44-36)33(28)38)43-22-25-6-2-1-3-7-25)39(38,42)23-37(35)19-29-16-26-8-4-5-9-27(26)17-30(29)20-37/h1-9,12-13,16-17,24,32,36,42H,10-11,14-15,18-23H2/t32-,36-,38-,39+/m0/s1. The van der Waals surface area contributed by atoms with Crippen LogP contribution in [0.1, 0.15) is 53.5 Å². The average Bonchev–Trinajstić information content (AvgIpc) is 3.67. The van der Waals surface area contributed by atoms with Crippen molar-refractivity contribution >= 4 is 16.6 Å². The molecule has 4 atom stereocenters. The van der Waals surface area contributed by atoms with Gasteiger partial charge in [0.1, 0.15) is 6.61 Å². The zero-order valence-corrected chi connectivity index (χ0v) is 24.9. The molecule has 222 valence electrons. The molecule has 2 bridgehead atoms. The number of ketones is 1. The molecule has 10 rings (SSSR count). The van der Waals surface area contributed by atoms with Gasteiger partial charge < -0.3 is 14.6 Å². The van der Waals surface area contributed by atoms with Gasteiger partial charge in [0, 0.05) is 23.6 Å². The van der Waals surface area contributed by atoms with Gasteiger partial charge in [-0.15, -0.1) is 0 Å². The Balaban J connectivity index is 1.10. The molecule has 44 heavy (non-hydrogen) atoms. The third-order valence-electron chi connectivity index (χ3n) is 12.2. The van der Waals surface area contributed by atoms with E-state index in [1.54, 1.807) is 0 Å². The second-order valence-electron chi connectivity index (χ2n) is 14.6. The summed E-state index contributed by atoms with van der Waals surface area (Å²) in [4.78, 5) is 17.6. The number of carbonyl (C=O) groups excluding carboxylic acids is 1. The molecule has 0 aromatic heterocycles. The van der Waals surface area contributed by atoms with Crippen molar-refractivity contribution in [2.75, 3.05) is 13.1 Å². The fourth-order valence-electron chi connectivity index (χ4n) is 10.1. The first-order chi connectivity index (χ1) is 21.5. The number of hydrogen-bond acceptors (Lipinski definition) is 5. The number of ether oxygens (including phenoxy) is 2. The van der Waals surface area contributed by atoms with Crippen molar-refractivity contribution in [2.45, 2.75) is 74.7 Å². The van der Waals surface area contributed by atoms with E-state index in [9.17, 15) is 5.11 Å². The van der Waals surface area contributed by atoms with E-state index >= 15 is 4.79 Å². The van der Waals surface area contributed by atoms with Gasteiger partial charge in [-0.05, 0) is 96.5 Å². The smallest absolute Gasteiger partial charge is 0.181 e. The van der Waals surface area contributed by atoms with Crippen molar-refractivity contribution in [1.82, 2.24) is 4.90 Å². The fraction of sp³-hybridized carbons (Fsp3) is 0.410. The Kier molecular flexibility index (Phi) is 5.09. The van der Waals surface area contributed by atoms with E-state index in [1.165, 1.54) is 40.3 Å². The minimum Gasteiger partial charge on any atom is -0.485 e. The summed E-state index contributed by atoms with van der Waals surface area (Å²) in [5.41, 5.74) is 3.38. The molecule has 2 spiro atoms. The highest BCUT2D eigenvalue weighted by Gasteiger charge is 2.77. The quantitative estimate of drug-likeness (QED) is 0.315. The highest BCUT2D eigenvalue weighted by molar-refractivity contribution is 5.96. The maximum Gasteiger partial charge on any atom is 0.181 e. The third kappa shape index (κ3) is 3.29. The van der Waals surface area contributed by atoms with E-state index in [1.807, 2.05) is 24.3 Å². The van der Waals surface area contributed by atoms with E-state index < -0.39 is 22.5 Å². The number of fused-ring (bicyclic) bond motifs is 2. The van der Waals surface area contributed by atoms with Crippen molar-refractivity contribution in [2.24, 2.45) is 11.3 Å². The number of nitrogens with zero attached hydrogens (tertiary/aromatic N) is 1. The Morgan fingerprint density at radius 3 is 2.36 bits per heavy atom. The third-order valence-corrected chi connectivity index (χ3v) is 12.2. The number of Topliss-reactive ketones (excluding diaryl/α,β-unsaturated/α-hetero) is 1. The lowest BCUT2D eigenvalue weighted by Gasteiger charge is -2.65. The van der Waals surface area contributed by atoms with E-state index in [0.29, 0.717) is 37.4 Å². The molecule has 5 nitrogen and oxygen atoms in total. The summed E-state index contributed by atoms with van der Waals surface area (Å²) >= 11 is 0. The van der Waals surface area contributed by atoms with Crippen LogP contribution in [0.2, 0.25) is 0 Å². The molecule has 0 unspecified atom stereocenters. The molecule has 0 amide bonds. The minimum absolute atomic E-state index is 0.0229. The van der Waals surface area contributed by atoms with Gasteiger partial charge in [-0.1, -0.05) is 72.8 Å². The number of likely N-dealkylation sites (tertiary alicyclic amines) is 1. The Bertz CT molecular complexity index is 1820. The van der Waals surface area contributed by atoms with Crippen molar-refractivity contribution in [3.05, 3.63) is 107 Å². The first kappa shape index (κ1) is 25.6. The zero-order chi connectivity index (χ0) is 29.3. The molecule has 4 aromatic carbocycles. The molecule has 6 aliphatic rings. The largest absolute Gasteiger partial charge is 0.485 e. The van der Waals surface area contributed by atoms with Crippen molar-refractivity contribution in [1.29, 1.82) is 0 Å². The molecular weight excluding hydrogens is 546 g/mol. The van der Waals surface area contributed by atoms with E-state index in [2.05, 4.69) is 59.5 Å². The summed E-state index contributed by atoms with van der Waals surface area (Å²) in [6.45, 7) is 2.36. The summed E-state index contributed by atoms with van der Waals surface area (Å²) < 4.78 is 13.3. The van der Waals surface area contributed by atoms with Gasteiger partial charge in [-0.25, -0.2) is 0 Å². The Hall–Kier alpha value is -3.67. The summed E-state index contributed by atoms with van der Waals surface area (Å²) in [6, 6.07) is 27.4. The average molecular weight is 584 g/mol. The molecule has 4 aromatic rings. The van der Waals surface area contributed by atoms with Crippen LogP contribution in [-0.4, -0.2) is 46.6 Å². The molecule has 4 aliphatic carbocycles. The predicted octanol–water partition coefficient (Wildman–Crippen LogP) is 5.95. The van der Waals surface area contributed by atoms with Crippen LogP contribution in [0, 0.1) is 11.3 Å². The maximum absolute atomic E-state index is 15.0. The predicted molar refractivity (Wildman–Crippen MR) is 168 cm³/mol. The normalized spacial score (nSPS) is 30.7. The second kappa shape index (κ2) is 8.74. The summed E-state index contributed by atoms with van der Waals surface area (Å²) in [7, 11) is 0. The maximum atomic E-state index is 15.0. The van der Waals surface area contributed by atoms with Gasteiger partial charge in [0.2, 0.25) is 0 Å². The zero-order valence-electron chi connectivity index (χ0n) is 24.9. The number of rotatable bonds is 5. The van der Waals surface area contributed by atoms with E-state index in [0.717, 1.165) is 43.0 Å². The molecule has 1 saturated heterocycles. The highest BCUT2D eigenvalue weighted by atomic mass is 16.5. The van der Waals surface area contributed by atoms with Gasteiger partial charge in [0.15, 0.2) is 23.4 Å². The second-order valence-corrected chi connectivity index (χ2v) is 14.6. The molecule has 2 saturated carbocycles. The molecule has 3 fully saturated rings. The number of carbonyl (C=O) groups is 1. The monoisotopic (exact) mass is 583 g/mol.